The van der Waals surface area contributed by atoms with E-state index in [-0.39, 0.29) is 30.1 Å². The molecule has 0 aromatic carbocycles. The lowest BCUT2D eigenvalue weighted by molar-refractivity contribution is -0.121. The molecular formula is C40H65N3O4S. The summed E-state index contributed by atoms with van der Waals surface area (Å²) < 4.78 is 6.30. The number of carbonyl (C=O) groups is 2. The Kier molecular flexibility index (Phi) is 13.2. The largest absolute Gasteiger partial charge is 0.390 e. The molecule has 5 rings (SSSR count). The molecule has 3 aliphatic carbocycles. The van der Waals surface area contributed by atoms with E-state index in [0.717, 1.165) is 69.5 Å². The predicted octanol–water partition coefficient (Wildman–Crippen LogP) is 7.99. The SMILES string of the molecule is C=C1CC[C@H](OCCCNC(=O)CCCC[C@H]2SC[C@@H]3NC(=O)N[C@@H]32)CC1=C/C=C1\CCC[C@@]2(C)C1CC[C@H]2[C@H](C)CCCC(C)(C)O. The zero-order valence-electron chi connectivity index (χ0n) is 30.4. The minimum absolute atomic E-state index is 0.0385. The van der Waals surface area contributed by atoms with Crippen LogP contribution in [-0.4, -0.2) is 65.0 Å². The Labute approximate surface area is 295 Å². The van der Waals surface area contributed by atoms with Crippen molar-refractivity contribution in [3.63, 3.8) is 0 Å². The molecule has 2 aliphatic heterocycles. The highest BCUT2D eigenvalue weighted by Crippen LogP contribution is 2.60. The van der Waals surface area contributed by atoms with Crippen LogP contribution in [0.1, 0.15) is 130 Å². The van der Waals surface area contributed by atoms with E-state index in [1.807, 2.05) is 25.6 Å². The van der Waals surface area contributed by atoms with E-state index in [1.54, 1.807) is 5.57 Å². The van der Waals surface area contributed by atoms with Gasteiger partial charge in [-0.2, -0.15) is 11.8 Å². The van der Waals surface area contributed by atoms with Crippen LogP contribution in [0.3, 0.4) is 0 Å². The minimum Gasteiger partial charge on any atom is -0.390 e. The highest BCUT2D eigenvalue weighted by molar-refractivity contribution is 8.00. The molecule has 7 nitrogen and oxygen atoms in total. The molecule has 8 heteroatoms. The van der Waals surface area contributed by atoms with Crippen LogP contribution in [-0.2, 0) is 9.53 Å². The first-order valence-corrected chi connectivity index (χ1v) is 20.3. The fourth-order valence-corrected chi connectivity index (χ4v) is 11.3. The van der Waals surface area contributed by atoms with Crippen LogP contribution in [0.15, 0.2) is 35.5 Å². The van der Waals surface area contributed by atoms with Crippen LogP contribution in [0.2, 0.25) is 0 Å². The second-order valence-electron chi connectivity index (χ2n) is 16.6. The van der Waals surface area contributed by atoms with Crippen LogP contribution in [0.5, 0.6) is 0 Å². The van der Waals surface area contributed by atoms with Gasteiger partial charge in [0.1, 0.15) is 0 Å². The van der Waals surface area contributed by atoms with Gasteiger partial charge < -0.3 is 25.8 Å². The fourth-order valence-electron chi connectivity index (χ4n) is 9.71. The normalized spacial score (nSPS) is 34.2. The van der Waals surface area contributed by atoms with Crippen molar-refractivity contribution in [1.82, 2.24) is 16.0 Å². The summed E-state index contributed by atoms with van der Waals surface area (Å²) in [6.07, 6.45) is 22.1. The molecule has 3 amide bonds. The average Bonchev–Trinajstić information content (AvgIpc) is 3.70. The summed E-state index contributed by atoms with van der Waals surface area (Å²) in [6.45, 7) is 14.7. The molecule has 8 atom stereocenters. The van der Waals surface area contributed by atoms with Crippen molar-refractivity contribution in [2.75, 3.05) is 18.9 Å². The van der Waals surface area contributed by atoms with Gasteiger partial charge in [0.2, 0.25) is 5.91 Å². The maximum atomic E-state index is 12.4. The summed E-state index contributed by atoms with van der Waals surface area (Å²) in [5.41, 5.74) is 4.11. The van der Waals surface area contributed by atoms with E-state index in [1.165, 1.54) is 49.7 Å². The first-order valence-electron chi connectivity index (χ1n) is 19.3. The summed E-state index contributed by atoms with van der Waals surface area (Å²) in [5, 5.41) is 19.7. The van der Waals surface area contributed by atoms with Crippen molar-refractivity contribution >= 4 is 23.7 Å². The van der Waals surface area contributed by atoms with Crippen LogP contribution < -0.4 is 16.0 Å². The minimum atomic E-state index is -0.558. The number of allylic oxidation sites excluding steroid dienone is 4. The summed E-state index contributed by atoms with van der Waals surface area (Å²) in [7, 11) is 0. The highest BCUT2D eigenvalue weighted by Gasteiger charge is 2.50. The molecule has 3 saturated carbocycles. The smallest absolute Gasteiger partial charge is 0.315 e. The lowest BCUT2D eigenvalue weighted by Gasteiger charge is -2.44. The van der Waals surface area contributed by atoms with Gasteiger partial charge in [0.25, 0.3) is 0 Å². The zero-order chi connectivity index (χ0) is 34.3. The van der Waals surface area contributed by atoms with Gasteiger partial charge in [-0.15, -0.1) is 0 Å². The van der Waals surface area contributed by atoms with Crippen LogP contribution >= 0.6 is 11.8 Å². The van der Waals surface area contributed by atoms with E-state index in [0.29, 0.717) is 42.1 Å². The molecule has 2 saturated heterocycles. The van der Waals surface area contributed by atoms with Crippen molar-refractivity contribution in [3.8, 4) is 0 Å². The Bertz CT molecular complexity index is 1190. The van der Waals surface area contributed by atoms with Gasteiger partial charge >= 0.3 is 6.03 Å². The quantitative estimate of drug-likeness (QED) is 0.0977. The molecule has 270 valence electrons. The zero-order valence-corrected chi connectivity index (χ0v) is 31.2. The van der Waals surface area contributed by atoms with Crippen LogP contribution in [0, 0.1) is 23.2 Å². The average molecular weight is 684 g/mol. The topological polar surface area (TPSA) is 99.7 Å². The van der Waals surface area contributed by atoms with Gasteiger partial charge in [-0.25, -0.2) is 4.79 Å². The number of hydrogen-bond acceptors (Lipinski definition) is 5. The number of aliphatic hydroxyl groups is 1. The van der Waals surface area contributed by atoms with E-state index in [2.05, 4.69) is 48.5 Å². The molecule has 0 aromatic rings. The number of rotatable bonds is 16. The molecule has 0 radical (unpaired) electrons. The summed E-state index contributed by atoms with van der Waals surface area (Å²) in [5.74, 6) is 3.28. The first kappa shape index (κ1) is 37.5. The third-order valence-corrected chi connectivity index (χ3v) is 13.9. The number of fused-ring (bicyclic) bond motifs is 2. The number of nitrogens with one attached hydrogen (secondary N) is 3. The van der Waals surface area contributed by atoms with Crippen LogP contribution in [0.25, 0.3) is 0 Å². The van der Waals surface area contributed by atoms with Crippen molar-refractivity contribution in [2.45, 2.75) is 159 Å². The fraction of sp³-hybridized carbons (Fsp3) is 0.800. The number of ether oxygens (including phenoxy) is 1. The van der Waals surface area contributed by atoms with Gasteiger partial charge in [0.05, 0.1) is 23.8 Å². The van der Waals surface area contributed by atoms with Crippen molar-refractivity contribution in [2.24, 2.45) is 23.2 Å². The lowest BCUT2D eigenvalue weighted by atomic mass is 9.60. The third kappa shape index (κ3) is 9.93. The maximum absolute atomic E-state index is 12.4. The summed E-state index contributed by atoms with van der Waals surface area (Å²) in [6, 6.07) is 0.468. The number of thioether (sulfide) groups is 1. The summed E-state index contributed by atoms with van der Waals surface area (Å²) in [4.78, 5) is 23.9. The third-order valence-electron chi connectivity index (χ3n) is 12.4. The van der Waals surface area contributed by atoms with Gasteiger partial charge in [-0.1, -0.05) is 63.0 Å². The molecule has 5 fully saturated rings. The van der Waals surface area contributed by atoms with Crippen molar-refractivity contribution in [1.29, 1.82) is 0 Å². The van der Waals surface area contributed by atoms with Crippen molar-refractivity contribution < 1.29 is 19.4 Å². The van der Waals surface area contributed by atoms with E-state index in [4.69, 9.17) is 4.74 Å². The molecule has 2 heterocycles. The Balaban J connectivity index is 0.991. The molecule has 48 heavy (non-hydrogen) atoms. The van der Waals surface area contributed by atoms with E-state index in [9.17, 15) is 14.7 Å². The maximum Gasteiger partial charge on any atom is 0.315 e. The molecule has 0 bridgehead atoms. The van der Waals surface area contributed by atoms with Gasteiger partial charge in [0, 0.05) is 30.6 Å². The van der Waals surface area contributed by atoms with Gasteiger partial charge in [0.15, 0.2) is 0 Å². The molecule has 4 N–H and O–H groups in total. The Hall–Kier alpha value is -1.77. The Morgan fingerprint density at radius 3 is 2.81 bits per heavy atom. The second kappa shape index (κ2) is 17.0. The lowest BCUT2D eigenvalue weighted by Crippen LogP contribution is -2.36. The number of hydrogen-bond donors (Lipinski definition) is 4. The monoisotopic (exact) mass is 683 g/mol. The highest BCUT2D eigenvalue weighted by atomic mass is 32.2. The molecule has 0 spiro atoms. The standard InChI is InChI=1S/C40H65N3O4S/c1-27-15-18-31(47-24-10-23-41-36(44)14-7-6-13-35-37-34(26-48-35)42-38(45)43-37)25-30(27)17-16-29-12-9-22-40(5)32(19-20-33(29)40)28(2)11-8-21-39(3,4)46/h16-17,28,31-35,37,46H,1,6-15,18-26H2,2-5H3,(H,41,44)(H2,42,43,45)/b29-16+,30-17?/t28-,31+,32+,33?,34+,35-,37+,40-/m1/s1. The van der Waals surface area contributed by atoms with Crippen LogP contribution in [0.4, 0.5) is 4.79 Å². The number of amides is 3. The first-order chi connectivity index (χ1) is 22.9. The van der Waals surface area contributed by atoms with E-state index < -0.39 is 5.60 Å². The van der Waals surface area contributed by atoms with Crippen molar-refractivity contribution in [3.05, 3.63) is 35.5 Å². The summed E-state index contributed by atoms with van der Waals surface area (Å²) >= 11 is 1.93. The number of unbranched alkanes of at least 4 members (excludes halogenated alkanes) is 1. The van der Waals surface area contributed by atoms with Gasteiger partial charge in [-0.3, -0.25) is 4.79 Å². The second-order valence-corrected chi connectivity index (χ2v) is 17.9. The molecule has 5 aliphatic rings. The molecule has 0 aromatic heterocycles. The van der Waals surface area contributed by atoms with E-state index >= 15 is 0 Å². The number of urea groups is 1. The Morgan fingerprint density at radius 1 is 1.17 bits per heavy atom. The Morgan fingerprint density at radius 2 is 2.00 bits per heavy atom. The van der Waals surface area contributed by atoms with Gasteiger partial charge in [-0.05, 0) is 120 Å². The number of carbonyl (C=O) groups excluding carboxylic acids is 2. The molecular weight excluding hydrogens is 619 g/mol. The molecule has 1 unspecified atom stereocenters. The predicted molar refractivity (Wildman–Crippen MR) is 198 cm³/mol.